The van der Waals surface area contributed by atoms with Crippen LogP contribution in [-0.4, -0.2) is 27.0 Å². The van der Waals surface area contributed by atoms with E-state index in [1.54, 1.807) is 11.3 Å². The van der Waals surface area contributed by atoms with Crippen molar-refractivity contribution in [2.45, 2.75) is 13.0 Å². The second kappa shape index (κ2) is 4.91. The molecule has 1 heterocycles. The minimum Gasteiger partial charge on any atom is -0.308 e. The monoisotopic (exact) mass is 233 g/mol. The molecule has 0 fully saturated rings. The van der Waals surface area contributed by atoms with Gasteiger partial charge < -0.3 is 5.32 Å². The van der Waals surface area contributed by atoms with E-state index in [-0.39, 0.29) is 11.8 Å². The van der Waals surface area contributed by atoms with Crippen LogP contribution in [0.1, 0.15) is 17.8 Å². The zero-order valence-electron chi connectivity index (χ0n) is 8.36. The third-order valence-electron chi connectivity index (χ3n) is 1.89. The third-order valence-corrected chi connectivity index (χ3v) is 3.89. The summed E-state index contributed by atoms with van der Waals surface area (Å²) in [6, 6.07) is 4.27. The molecule has 3 nitrogen and oxygen atoms in total. The average Bonchev–Trinajstić information content (AvgIpc) is 2.53. The highest BCUT2D eigenvalue weighted by molar-refractivity contribution is 7.90. The highest BCUT2D eigenvalue weighted by Crippen LogP contribution is 2.17. The summed E-state index contributed by atoms with van der Waals surface area (Å²) in [5, 5.41) is 5.19. The van der Waals surface area contributed by atoms with Gasteiger partial charge in [-0.25, -0.2) is 8.42 Å². The summed E-state index contributed by atoms with van der Waals surface area (Å²) in [5.41, 5.74) is 0. The predicted octanol–water partition coefficient (Wildman–Crippen LogP) is 1.44. The molecule has 1 aromatic heterocycles. The molecule has 0 bridgehead atoms. The van der Waals surface area contributed by atoms with Gasteiger partial charge in [-0.1, -0.05) is 6.07 Å². The van der Waals surface area contributed by atoms with Crippen molar-refractivity contribution < 1.29 is 8.42 Å². The Bertz CT molecular complexity index is 356. The van der Waals surface area contributed by atoms with E-state index in [1.807, 2.05) is 24.4 Å². The molecular weight excluding hydrogens is 218 g/mol. The van der Waals surface area contributed by atoms with Gasteiger partial charge in [-0.15, -0.1) is 11.3 Å². The predicted molar refractivity (Wildman–Crippen MR) is 60.4 cm³/mol. The lowest BCUT2D eigenvalue weighted by Crippen LogP contribution is -2.24. The largest absolute Gasteiger partial charge is 0.308 e. The van der Waals surface area contributed by atoms with Gasteiger partial charge in [0, 0.05) is 23.7 Å². The number of hydrogen-bond donors (Lipinski definition) is 1. The Morgan fingerprint density at radius 3 is 2.79 bits per heavy atom. The summed E-state index contributed by atoms with van der Waals surface area (Å²) in [6.45, 7) is 2.55. The minimum absolute atomic E-state index is 0.197. The Morgan fingerprint density at radius 1 is 1.57 bits per heavy atom. The Kier molecular flexibility index (Phi) is 4.10. The number of rotatable bonds is 5. The van der Waals surface area contributed by atoms with Crippen molar-refractivity contribution in [3.8, 4) is 0 Å². The highest BCUT2D eigenvalue weighted by Gasteiger charge is 2.07. The molecule has 80 valence electrons. The molecule has 1 aromatic rings. The van der Waals surface area contributed by atoms with E-state index in [0.717, 1.165) is 0 Å². The van der Waals surface area contributed by atoms with Gasteiger partial charge >= 0.3 is 0 Å². The molecule has 0 aliphatic heterocycles. The number of hydrogen-bond acceptors (Lipinski definition) is 4. The maximum atomic E-state index is 10.9. The first-order valence-corrected chi connectivity index (χ1v) is 7.37. The van der Waals surface area contributed by atoms with Crippen LogP contribution in [0.3, 0.4) is 0 Å². The first kappa shape index (κ1) is 11.7. The molecule has 0 radical (unpaired) electrons. The fourth-order valence-electron chi connectivity index (χ4n) is 1.10. The van der Waals surface area contributed by atoms with Crippen molar-refractivity contribution in [1.82, 2.24) is 5.32 Å². The van der Waals surface area contributed by atoms with Crippen LogP contribution < -0.4 is 5.32 Å². The third kappa shape index (κ3) is 4.21. The van der Waals surface area contributed by atoms with Gasteiger partial charge in [-0.2, -0.15) is 0 Å². The van der Waals surface area contributed by atoms with Crippen LogP contribution in [-0.2, 0) is 9.84 Å². The van der Waals surface area contributed by atoms with E-state index >= 15 is 0 Å². The first-order valence-electron chi connectivity index (χ1n) is 4.43. The molecule has 0 saturated carbocycles. The van der Waals surface area contributed by atoms with E-state index in [9.17, 15) is 8.42 Å². The van der Waals surface area contributed by atoms with Crippen LogP contribution in [0.2, 0.25) is 0 Å². The van der Waals surface area contributed by atoms with Crippen LogP contribution in [0, 0.1) is 0 Å². The molecule has 0 saturated heterocycles. The molecule has 1 atom stereocenters. The SMILES string of the molecule is C[C@@H](NCCS(C)(=O)=O)c1cccs1. The molecule has 1 N–H and O–H groups in total. The quantitative estimate of drug-likeness (QED) is 0.837. The second-order valence-electron chi connectivity index (χ2n) is 3.32. The number of sulfone groups is 1. The summed E-state index contributed by atoms with van der Waals surface area (Å²) in [6.07, 6.45) is 1.25. The second-order valence-corrected chi connectivity index (χ2v) is 6.56. The van der Waals surface area contributed by atoms with Crippen molar-refractivity contribution in [2.24, 2.45) is 0 Å². The maximum absolute atomic E-state index is 10.9. The van der Waals surface area contributed by atoms with Crippen LogP contribution in [0.4, 0.5) is 0 Å². The summed E-state index contributed by atoms with van der Waals surface area (Å²) in [5.74, 6) is 0.197. The Balaban J connectivity index is 2.33. The molecule has 1 rings (SSSR count). The summed E-state index contributed by atoms with van der Waals surface area (Å²) >= 11 is 1.68. The first-order chi connectivity index (χ1) is 6.49. The van der Waals surface area contributed by atoms with E-state index in [1.165, 1.54) is 11.1 Å². The van der Waals surface area contributed by atoms with Crippen molar-refractivity contribution in [2.75, 3.05) is 18.6 Å². The lowest BCUT2D eigenvalue weighted by molar-refractivity contribution is 0.579. The van der Waals surface area contributed by atoms with Gasteiger partial charge in [0.15, 0.2) is 0 Å². The summed E-state index contributed by atoms with van der Waals surface area (Å²) in [7, 11) is -2.85. The van der Waals surface area contributed by atoms with Gasteiger partial charge in [-0.05, 0) is 18.4 Å². The molecule has 5 heteroatoms. The maximum Gasteiger partial charge on any atom is 0.148 e. The summed E-state index contributed by atoms with van der Waals surface area (Å²) in [4.78, 5) is 1.23. The van der Waals surface area contributed by atoms with Crippen LogP contribution in [0.15, 0.2) is 17.5 Å². The van der Waals surface area contributed by atoms with Crippen LogP contribution >= 0.6 is 11.3 Å². The van der Waals surface area contributed by atoms with Crippen molar-refractivity contribution in [1.29, 1.82) is 0 Å². The zero-order chi connectivity index (χ0) is 10.6. The standard InChI is InChI=1S/C9H15NO2S2/c1-8(9-4-3-6-13-9)10-5-7-14(2,11)12/h3-4,6,8,10H,5,7H2,1-2H3/t8-/m1/s1. The molecule has 0 aliphatic carbocycles. The fourth-order valence-corrected chi connectivity index (χ4v) is 2.35. The fraction of sp³-hybridized carbons (Fsp3) is 0.556. The highest BCUT2D eigenvalue weighted by atomic mass is 32.2. The molecule has 0 unspecified atom stereocenters. The summed E-state index contributed by atoms with van der Waals surface area (Å²) < 4.78 is 21.7. The molecular formula is C9H15NO2S2. The van der Waals surface area contributed by atoms with Gasteiger partial charge in [0.1, 0.15) is 9.84 Å². The van der Waals surface area contributed by atoms with Gasteiger partial charge in [0.25, 0.3) is 0 Å². The van der Waals surface area contributed by atoms with Crippen LogP contribution in [0.25, 0.3) is 0 Å². The van der Waals surface area contributed by atoms with Crippen molar-refractivity contribution in [3.63, 3.8) is 0 Å². The van der Waals surface area contributed by atoms with E-state index in [4.69, 9.17) is 0 Å². The normalized spacial score (nSPS) is 14.1. The zero-order valence-corrected chi connectivity index (χ0v) is 9.99. The minimum atomic E-state index is -2.85. The number of nitrogens with one attached hydrogen (secondary N) is 1. The van der Waals surface area contributed by atoms with Gasteiger partial charge in [0.05, 0.1) is 5.75 Å². The molecule has 0 spiro atoms. The van der Waals surface area contributed by atoms with E-state index in [0.29, 0.717) is 6.54 Å². The number of thiophene rings is 1. The lowest BCUT2D eigenvalue weighted by atomic mass is 10.3. The molecule has 0 aromatic carbocycles. The van der Waals surface area contributed by atoms with Crippen molar-refractivity contribution in [3.05, 3.63) is 22.4 Å². The van der Waals surface area contributed by atoms with Crippen molar-refractivity contribution >= 4 is 21.2 Å². The molecule has 0 amide bonds. The smallest absolute Gasteiger partial charge is 0.148 e. The Labute approximate surface area is 89.1 Å². The molecule has 0 aliphatic rings. The lowest BCUT2D eigenvalue weighted by Gasteiger charge is -2.10. The Morgan fingerprint density at radius 2 is 2.29 bits per heavy atom. The topological polar surface area (TPSA) is 46.2 Å². The van der Waals surface area contributed by atoms with Gasteiger partial charge in [-0.3, -0.25) is 0 Å². The molecule has 14 heavy (non-hydrogen) atoms. The Hall–Kier alpha value is -0.390. The van der Waals surface area contributed by atoms with E-state index < -0.39 is 9.84 Å². The van der Waals surface area contributed by atoms with E-state index in [2.05, 4.69) is 5.32 Å². The average molecular weight is 233 g/mol. The van der Waals surface area contributed by atoms with Gasteiger partial charge in [0.2, 0.25) is 0 Å². The van der Waals surface area contributed by atoms with Crippen LogP contribution in [0.5, 0.6) is 0 Å².